The summed E-state index contributed by atoms with van der Waals surface area (Å²) >= 11 is 11.1. The van der Waals surface area contributed by atoms with E-state index in [1.54, 1.807) is 0 Å². The maximum Gasteiger partial charge on any atom is 0.266 e. The summed E-state index contributed by atoms with van der Waals surface area (Å²) in [6.45, 7) is 0. The predicted molar refractivity (Wildman–Crippen MR) is 48.2 cm³/mol. The molecular weight excluding hydrogens is 221 g/mol. The lowest BCUT2D eigenvalue weighted by molar-refractivity contribution is 0.151. The van der Waals surface area contributed by atoms with Gasteiger partial charge < -0.3 is 5.73 Å². The molecule has 0 saturated heterocycles. The first-order chi connectivity index (χ1) is 6.07. The van der Waals surface area contributed by atoms with Crippen molar-refractivity contribution in [3.05, 3.63) is 22.3 Å². The number of nitrogen functional groups attached to an aromatic ring is 1. The summed E-state index contributed by atoms with van der Waals surface area (Å²) in [6, 6.07) is 0. The molecule has 0 aliphatic heterocycles. The Balaban J connectivity index is 3.27. The second-order valence-electron chi connectivity index (χ2n) is 2.33. The molecule has 0 saturated carbocycles. The highest BCUT2D eigenvalue weighted by Gasteiger charge is 2.17. The Bertz CT molecular complexity index is 318. The van der Waals surface area contributed by atoms with Crippen molar-refractivity contribution in [1.82, 2.24) is 4.98 Å². The number of hydrogen-bond acceptors (Lipinski definition) is 2. The molecule has 0 aliphatic rings. The highest BCUT2D eigenvalue weighted by molar-refractivity contribution is 6.33. The van der Waals surface area contributed by atoms with E-state index in [1.807, 2.05) is 0 Å². The van der Waals surface area contributed by atoms with Crippen LogP contribution in [0.3, 0.4) is 0 Å². The summed E-state index contributed by atoms with van der Waals surface area (Å²) in [6.07, 6.45) is -1.71. The molecule has 0 aromatic carbocycles. The monoisotopic (exact) mass is 226 g/mol. The van der Waals surface area contributed by atoms with Gasteiger partial charge in [-0.2, -0.15) is 0 Å². The van der Waals surface area contributed by atoms with Crippen LogP contribution in [0, 0.1) is 0 Å². The van der Waals surface area contributed by atoms with E-state index in [2.05, 4.69) is 4.98 Å². The Hall–Kier alpha value is -0.610. The maximum atomic E-state index is 12.3. The average Bonchev–Trinajstić information content (AvgIpc) is 2.04. The molecular formula is C7H6Cl2F2N2. The van der Waals surface area contributed by atoms with Crippen LogP contribution in [0.15, 0.2) is 6.20 Å². The Morgan fingerprint density at radius 2 is 2.15 bits per heavy atom. The fraction of sp³-hybridized carbons (Fsp3) is 0.286. The lowest BCUT2D eigenvalue weighted by Gasteiger charge is -2.08. The second kappa shape index (κ2) is 4.07. The van der Waals surface area contributed by atoms with Gasteiger partial charge >= 0.3 is 0 Å². The van der Waals surface area contributed by atoms with E-state index in [0.717, 1.165) is 6.20 Å². The molecule has 0 atom stereocenters. The molecule has 2 nitrogen and oxygen atoms in total. The minimum Gasteiger partial charge on any atom is -0.383 e. The van der Waals surface area contributed by atoms with E-state index in [4.69, 9.17) is 28.9 Å². The van der Waals surface area contributed by atoms with Crippen molar-refractivity contribution in [3.63, 3.8) is 0 Å². The van der Waals surface area contributed by atoms with Gasteiger partial charge in [0.2, 0.25) is 0 Å². The van der Waals surface area contributed by atoms with E-state index in [9.17, 15) is 8.78 Å². The largest absolute Gasteiger partial charge is 0.383 e. The fourth-order valence-electron chi connectivity index (χ4n) is 0.840. The molecule has 72 valence electrons. The number of anilines is 1. The zero-order valence-corrected chi connectivity index (χ0v) is 7.91. The lowest BCUT2D eigenvalue weighted by Crippen LogP contribution is -2.00. The standard InChI is InChI=1S/C7H6Cl2F2N2/c8-1-3-5(9)4(6(10)11)2-13-7(3)12/h2,6H,1H2,(H2,12,13). The van der Waals surface area contributed by atoms with Gasteiger partial charge in [0.25, 0.3) is 6.43 Å². The summed E-state index contributed by atoms with van der Waals surface area (Å²) in [5.41, 5.74) is 5.29. The van der Waals surface area contributed by atoms with Gasteiger partial charge in [0.1, 0.15) is 5.82 Å². The van der Waals surface area contributed by atoms with E-state index in [-0.39, 0.29) is 27.8 Å². The summed E-state index contributed by atoms with van der Waals surface area (Å²) in [7, 11) is 0. The average molecular weight is 227 g/mol. The Kier molecular flexibility index (Phi) is 3.27. The van der Waals surface area contributed by atoms with Crippen LogP contribution in [-0.4, -0.2) is 4.98 Å². The molecule has 1 aromatic rings. The zero-order chi connectivity index (χ0) is 10.0. The molecule has 0 bridgehead atoms. The molecule has 1 heterocycles. The molecule has 0 fully saturated rings. The smallest absolute Gasteiger partial charge is 0.266 e. The van der Waals surface area contributed by atoms with E-state index >= 15 is 0 Å². The van der Waals surface area contributed by atoms with Crippen LogP contribution in [0.25, 0.3) is 0 Å². The van der Waals surface area contributed by atoms with Crippen LogP contribution < -0.4 is 5.73 Å². The van der Waals surface area contributed by atoms with Crippen molar-refractivity contribution >= 4 is 29.0 Å². The summed E-state index contributed by atoms with van der Waals surface area (Å²) in [5, 5.41) is -0.0995. The van der Waals surface area contributed by atoms with Crippen molar-refractivity contribution in [2.45, 2.75) is 12.3 Å². The summed E-state index contributed by atoms with van der Waals surface area (Å²) in [4.78, 5) is 3.56. The first kappa shape index (κ1) is 10.5. The molecule has 1 aromatic heterocycles. The van der Waals surface area contributed by atoms with Crippen molar-refractivity contribution < 1.29 is 8.78 Å². The third kappa shape index (κ3) is 2.00. The molecule has 0 aliphatic carbocycles. The van der Waals surface area contributed by atoms with Crippen LogP contribution in [0.2, 0.25) is 5.02 Å². The number of nitrogens with zero attached hydrogens (tertiary/aromatic N) is 1. The lowest BCUT2D eigenvalue weighted by atomic mass is 10.2. The Labute approximate surface area is 83.7 Å². The van der Waals surface area contributed by atoms with E-state index in [0.29, 0.717) is 0 Å². The Morgan fingerprint density at radius 1 is 1.54 bits per heavy atom. The van der Waals surface area contributed by atoms with Crippen LogP contribution >= 0.6 is 23.2 Å². The third-order valence-electron chi connectivity index (χ3n) is 1.54. The summed E-state index contributed by atoms with van der Waals surface area (Å²) in [5.74, 6) is 0.0579. The number of hydrogen-bond donors (Lipinski definition) is 1. The van der Waals surface area contributed by atoms with Gasteiger partial charge in [0, 0.05) is 11.8 Å². The number of nitrogens with two attached hydrogens (primary N) is 1. The highest BCUT2D eigenvalue weighted by atomic mass is 35.5. The Morgan fingerprint density at radius 3 is 2.62 bits per heavy atom. The first-order valence-corrected chi connectivity index (χ1v) is 4.26. The van der Waals surface area contributed by atoms with Gasteiger partial charge in [-0.1, -0.05) is 11.6 Å². The van der Waals surface area contributed by atoms with Crippen molar-refractivity contribution in [1.29, 1.82) is 0 Å². The molecule has 0 radical (unpaired) electrons. The predicted octanol–water partition coefficient (Wildman–Crippen LogP) is 2.99. The zero-order valence-electron chi connectivity index (χ0n) is 6.40. The molecule has 1 rings (SSSR count). The van der Waals surface area contributed by atoms with Crippen molar-refractivity contribution in [3.8, 4) is 0 Å². The molecule has 0 spiro atoms. The normalized spacial score (nSPS) is 10.8. The van der Waals surface area contributed by atoms with Crippen LogP contribution in [0.1, 0.15) is 17.6 Å². The quantitative estimate of drug-likeness (QED) is 0.788. The van der Waals surface area contributed by atoms with Crippen LogP contribution in [-0.2, 0) is 5.88 Å². The van der Waals surface area contributed by atoms with Gasteiger partial charge in [0.15, 0.2) is 0 Å². The molecule has 13 heavy (non-hydrogen) atoms. The first-order valence-electron chi connectivity index (χ1n) is 3.34. The van der Waals surface area contributed by atoms with Crippen LogP contribution in [0.5, 0.6) is 0 Å². The third-order valence-corrected chi connectivity index (χ3v) is 2.25. The van der Waals surface area contributed by atoms with Gasteiger partial charge in [0.05, 0.1) is 16.5 Å². The maximum absolute atomic E-state index is 12.3. The molecule has 0 amide bonds. The van der Waals surface area contributed by atoms with Gasteiger partial charge in [-0.25, -0.2) is 13.8 Å². The minimum atomic E-state index is -2.66. The van der Waals surface area contributed by atoms with E-state index in [1.165, 1.54) is 0 Å². The highest BCUT2D eigenvalue weighted by Crippen LogP contribution is 2.32. The molecule has 0 unspecified atom stereocenters. The fourth-order valence-corrected chi connectivity index (χ4v) is 1.47. The number of halogens is 4. The SMILES string of the molecule is Nc1ncc(C(F)F)c(Cl)c1CCl. The van der Waals surface area contributed by atoms with Gasteiger partial charge in [-0.3, -0.25) is 0 Å². The van der Waals surface area contributed by atoms with Gasteiger partial charge in [-0.15, -0.1) is 11.6 Å². The summed E-state index contributed by atoms with van der Waals surface area (Å²) < 4.78 is 24.5. The number of alkyl halides is 3. The van der Waals surface area contributed by atoms with Crippen molar-refractivity contribution in [2.24, 2.45) is 0 Å². The second-order valence-corrected chi connectivity index (χ2v) is 2.97. The molecule has 2 N–H and O–H groups in total. The number of pyridine rings is 1. The van der Waals surface area contributed by atoms with E-state index < -0.39 is 6.43 Å². The van der Waals surface area contributed by atoms with Crippen LogP contribution in [0.4, 0.5) is 14.6 Å². The minimum absolute atomic E-state index is 0.0295. The topological polar surface area (TPSA) is 38.9 Å². The van der Waals surface area contributed by atoms with Gasteiger partial charge in [-0.05, 0) is 0 Å². The number of rotatable bonds is 2. The molecule has 6 heteroatoms. The number of aromatic nitrogens is 1. The van der Waals surface area contributed by atoms with Crippen molar-refractivity contribution in [2.75, 3.05) is 5.73 Å².